The smallest absolute Gasteiger partial charge is 0.184 e. The predicted molar refractivity (Wildman–Crippen MR) is 69.1 cm³/mol. The minimum Gasteiger partial charge on any atom is -0.352 e. The molecule has 0 radical (unpaired) electrons. The van der Waals surface area contributed by atoms with E-state index in [2.05, 4.69) is 22.0 Å². The quantitative estimate of drug-likeness (QED) is 0.746. The van der Waals surface area contributed by atoms with E-state index in [-0.39, 0.29) is 11.3 Å². The summed E-state index contributed by atoms with van der Waals surface area (Å²) in [4.78, 5) is 12.9. The topological polar surface area (TPSA) is 35.5 Å². The number of carbonyl (C=O) groups is 1. The van der Waals surface area contributed by atoms with Crippen molar-refractivity contribution in [2.75, 3.05) is 13.7 Å². The van der Waals surface area contributed by atoms with Gasteiger partial charge in [0, 0.05) is 17.5 Å². The fourth-order valence-corrected chi connectivity index (χ4v) is 5.99. The van der Waals surface area contributed by atoms with Crippen LogP contribution in [0.25, 0.3) is 0 Å². The number of allylic oxidation sites excluding steroid dienone is 1. The van der Waals surface area contributed by atoms with E-state index >= 15 is 0 Å². The normalized spacial score (nSPS) is 53.3. The molecule has 1 heterocycles. The first kappa shape index (κ1) is 11.6. The van der Waals surface area contributed by atoms with Crippen LogP contribution in [-0.4, -0.2) is 25.3 Å². The minimum absolute atomic E-state index is 0.210. The number of ketones is 1. The molecule has 0 N–H and O–H groups in total. The van der Waals surface area contributed by atoms with E-state index in [9.17, 15) is 4.79 Å². The van der Waals surface area contributed by atoms with E-state index in [1.807, 2.05) is 0 Å². The predicted octanol–water partition coefficient (Wildman–Crippen LogP) is 2.64. The third-order valence-electron chi connectivity index (χ3n) is 5.69. The summed E-state index contributed by atoms with van der Waals surface area (Å²) in [5.41, 5.74) is -0.231. The first-order chi connectivity index (χ1) is 8.67. The lowest BCUT2D eigenvalue weighted by Gasteiger charge is -2.48. The van der Waals surface area contributed by atoms with Gasteiger partial charge in [-0.2, -0.15) is 0 Å². The Morgan fingerprint density at radius 2 is 2.28 bits per heavy atom. The van der Waals surface area contributed by atoms with Gasteiger partial charge in [-0.1, -0.05) is 28.4 Å². The van der Waals surface area contributed by atoms with Crippen molar-refractivity contribution in [1.82, 2.24) is 0 Å². The third-order valence-corrected chi connectivity index (χ3v) is 6.66. The highest BCUT2D eigenvalue weighted by molar-refractivity contribution is 9.11. The van der Waals surface area contributed by atoms with Gasteiger partial charge in [0.1, 0.15) is 0 Å². The molecule has 3 fully saturated rings. The second-order valence-electron chi connectivity index (χ2n) is 6.00. The molecule has 18 heavy (non-hydrogen) atoms. The van der Waals surface area contributed by atoms with Crippen molar-refractivity contribution < 1.29 is 14.3 Å². The van der Waals surface area contributed by atoms with Crippen LogP contribution < -0.4 is 0 Å². The Kier molecular flexibility index (Phi) is 2.24. The molecular formula is C14H17BrO3. The van der Waals surface area contributed by atoms with Crippen molar-refractivity contribution in [3.05, 3.63) is 10.6 Å². The highest BCUT2D eigenvalue weighted by Gasteiger charge is 2.72. The van der Waals surface area contributed by atoms with Crippen LogP contribution in [0.5, 0.6) is 0 Å². The summed E-state index contributed by atoms with van der Waals surface area (Å²) in [5, 5.41) is 0. The molecular weight excluding hydrogens is 296 g/mol. The highest BCUT2D eigenvalue weighted by Crippen LogP contribution is 2.68. The fourth-order valence-electron chi connectivity index (χ4n) is 5.04. The largest absolute Gasteiger partial charge is 0.352 e. The Morgan fingerprint density at radius 1 is 1.44 bits per heavy atom. The molecule has 2 bridgehead atoms. The molecule has 0 unspecified atom stereocenters. The molecule has 1 aliphatic heterocycles. The first-order valence-electron chi connectivity index (χ1n) is 6.78. The average molecular weight is 313 g/mol. The van der Waals surface area contributed by atoms with Crippen LogP contribution >= 0.6 is 15.9 Å². The van der Waals surface area contributed by atoms with Crippen LogP contribution in [0.4, 0.5) is 0 Å². The van der Waals surface area contributed by atoms with E-state index in [0.717, 1.165) is 36.8 Å². The molecule has 3 aliphatic carbocycles. The molecule has 1 spiro atoms. The number of methoxy groups -OCH3 is 1. The van der Waals surface area contributed by atoms with Gasteiger partial charge < -0.3 is 9.47 Å². The van der Waals surface area contributed by atoms with Crippen molar-refractivity contribution in [3.8, 4) is 0 Å². The van der Waals surface area contributed by atoms with Crippen molar-refractivity contribution in [2.45, 2.75) is 31.5 Å². The lowest BCUT2D eigenvalue weighted by atomic mass is 9.60. The van der Waals surface area contributed by atoms with E-state index in [0.29, 0.717) is 17.6 Å². The van der Waals surface area contributed by atoms with Crippen LogP contribution in [0, 0.1) is 23.2 Å². The van der Waals surface area contributed by atoms with E-state index in [1.165, 1.54) is 0 Å². The van der Waals surface area contributed by atoms with Crippen molar-refractivity contribution in [1.29, 1.82) is 0 Å². The van der Waals surface area contributed by atoms with E-state index in [1.54, 1.807) is 7.11 Å². The number of hydrogen-bond donors (Lipinski definition) is 0. The second-order valence-corrected chi connectivity index (χ2v) is 6.85. The summed E-state index contributed by atoms with van der Waals surface area (Å²) < 4.78 is 12.8. The minimum atomic E-state index is -0.675. The molecule has 4 heteroatoms. The SMILES string of the molecule is CO[C@]12OCC[C@H]1[C@H]1CCC[C@@]13C(=O)[C@@H]2C=C3Br. The Morgan fingerprint density at radius 3 is 3.06 bits per heavy atom. The number of ether oxygens (including phenoxy) is 2. The number of hydrogen-bond acceptors (Lipinski definition) is 3. The molecule has 0 aromatic heterocycles. The molecule has 3 nitrogen and oxygen atoms in total. The molecule has 4 rings (SSSR count). The van der Waals surface area contributed by atoms with Gasteiger partial charge in [-0.25, -0.2) is 0 Å². The molecule has 5 atom stereocenters. The van der Waals surface area contributed by atoms with Gasteiger partial charge in [-0.05, 0) is 25.2 Å². The summed E-state index contributed by atoms with van der Waals surface area (Å²) in [6.45, 7) is 0.723. The number of carbonyl (C=O) groups excluding carboxylic acids is 1. The van der Waals surface area contributed by atoms with Crippen molar-refractivity contribution in [2.24, 2.45) is 23.2 Å². The van der Waals surface area contributed by atoms with E-state index < -0.39 is 5.79 Å². The maximum atomic E-state index is 12.9. The zero-order chi connectivity index (χ0) is 12.5. The lowest BCUT2D eigenvalue weighted by molar-refractivity contribution is -0.256. The fraction of sp³-hybridized carbons (Fsp3) is 0.786. The first-order valence-corrected chi connectivity index (χ1v) is 7.57. The van der Waals surface area contributed by atoms with Gasteiger partial charge in [0.25, 0.3) is 0 Å². The Balaban J connectivity index is 1.93. The Hall–Kier alpha value is -0.190. The molecule has 98 valence electrons. The summed E-state index contributed by atoms with van der Waals surface area (Å²) >= 11 is 3.67. The summed E-state index contributed by atoms with van der Waals surface area (Å²) in [5.74, 6) is 0.219. The summed E-state index contributed by atoms with van der Waals surface area (Å²) in [6.07, 6.45) is 6.36. The van der Waals surface area contributed by atoms with Gasteiger partial charge in [0.15, 0.2) is 11.6 Å². The van der Waals surface area contributed by atoms with Crippen LogP contribution in [0.1, 0.15) is 25.7 Å². The lowest BCUT2D eigenvalue weighted by Crippen LogP contribution is -2.58. The second kappa shape index (κ2) is 3.47. The number of Topliss-reactive ketones (excluding diaryl/α,β-unsaturated/α-hetero) is 1. The molecule has 0 amide bonds. The molecule has 1 saturated heterocycles. The molecule has 4 aliphatic rings. The maximum absolute atomic E-state index is 12.9. The molecule has 2 saturated carbocycles. The monoisotopic (exact) mass is 312 g/mol. The summed E-state index contributed by atoms with van der Waals surface area (Å²) in [7, 11) is 1.69. The zero-order valence-electron chi connectivity index (χ0n) is 10.4. The third kappa shape index (κ3) is 1.00. The van der Waals surface area contributed by atoms with Crippen LogP contribution in [-0.2, 0) is 14.3 Å². The number of rotatable bonds is 1. The Bertz CT molecular complexity index is 460. The van der Waals surface area contributed by atoms with Crippen molar-refractivity contribution >= 4 is 21.7 Å². The standard InChI is InChI=1S/C14H17BrO3/c1-17-14-9(4-6-18-14)8-3-2-5-13(8)11(15)7-10(14)12(13)16/h7-10H,2-6H2,1H3/t8-,9+,10+,13-,14+/m1/s1. The number of halogens is 1. The molecule has 0 aromatic carbocycles. The van der Waals surface area contributed by atoms with Gasteiger partial charge >= 0.3 is 0 Å². The zero-order valence-corrected chi connectivity index (χ0v) is 12.0. The highest BCUT2D eigenvalue weighted by atomic mass is 79.9. The van der Waals surface area contributed by atoms with Crippen LogP contribution in [0.3, 0.4) is 0 Å². The Labute approximate surface area is 115 Å². The van der Waals surface area contributed by atoms with Gasteiger partial charge in [0.2, 0.25) is 0 Å². The van der Waals surface area contributed by atoms with Crippen LogP contribution in [0.15, 0.2) is 10.6 Å². The van der Waals surface area contributed by atoms with Crippen LogP contribution in [0.2, 0.25) is 0 Å². The van der Waals surface area contributed by atoms with Gasteiger partial charge in [-0.15, -0.1) is 0 Å². The summed E-state index contributed by atoms with van der Waals surface area (Å²) in [6, 6.07) is 0. The van der Waals surface area contributed by atoms with E-state index in [4.69, 9.17) is 9.47 Å². The van der Waals surface area contributed by atoms with Gasteiger partial charge in [0.05, 0.1) is 17.9 Å². The number of fused-ring (bicyclic) bond motifs is 4. The van der Waals surface area contributed by atoms with Gasteiger partial charge in [-0.3, -0.25) is 4.79 Å². The maximum Gasteiger partial charge on any atom is 0.184 e. The average Bonchev–Trinajstić information content (AvgIpc) is 3.02. The molecule has 0 aromatic rings. The van der Waals surface area contributed by atoms with Crippen molar-refractivity contribution in [3.63, 3.8) is 0 Å².